The van der Waals surface area contributed by atoms with Gasteiger partial charge in [-0.25, -0.2) is 0 Å². The zero-order chi connectivity index (χ0) is 13.8. The van der Waals surface area contributed by atoms with E-state index in [0.29, 0.717) is 0 Å². The van der Waals surface area contributed by atoms with E-state index in [1.54, 1.807) is 4.90 Å². The van der Waals surface area contributed by atoms with Gasteiger partial charge in [0, 0.05) is 6.04 Å². The Balaban J connectivity index is 2.34. The summed E-state index contributed by atoms with van der Waals surface area (Å²) in [6, 6.07) is 9.07. The minimum Gasteiger partial charge on any atom is -0.345 e. The van der Waals surface area contributed by atoms with Crippen LogP contribution in [-0.4, -0.2) is 29.3 Å². The van der Waals surface area contributed by atoms with Crippen LogP contribution in [0, 0.1) is 0 Å². The summed E-state index contributed by atoms with van der Waals surface area (Å²) in [5.74, 6) is -0.0943. The molecule has 0 saturated carbocycles. The van der Waals surface area contributed by atoms with E-state index in [-0.39, 0.29) is 24.4 Å². The Morgan fingerprint density at radius 3 is 2.63 bits per heavy atom. The first-order valence-electron chi connectivity index (χ1n) is 6.79. The van der Waals surface area contributed by atoms with Crippen molar-refractivity contribution in [1.29, 1.82) is 0 Å². The molecule has 0 spiro atoms. The number of amides is 2. The maximum Gasteiger partial charge on any atom is 0.247 e. The van der Waals surface area contributed by atoms with Crippen LogP contribution in [0.15, 0.2) is 30.3 Å². The Hall–Kier alpha value is -1.84. The Kier molecular flexibility index (Phi) is 4.20. The topological polar surface area (TPSA) is 49.4 Å². The van der Waals surface area contributed by atoms with Gasteiger partial charge in [-0.15, -0.1) is 0 Å². The molecule has 1 N–H and O–H groups in total. The molecule has 0 bridgehead atoms. The Labute approximate surface area is 113 Å². The van der Waals surface area contributed by atoms with Gasteiger partial charge in [0.05, 0.1) is 6.54 Å². The lowest BCUT2D eigenvalue weighted by atomic mass is 9.99. The molecule has 0 aromatic heterocycles. The normalized spacial score (nSPS) is 21.2. The highest BCUT2D eigenvalue weighted by Gasteiger charge is 2.37. The molecule has 2 atom stereocenters. The van der Waals surface area contributed by atoms with Gasteiger partial charge in [0.2, 0.25) is 11.8 Å². The van der Waals surface area contributed by atoms with E-state index in [9.17, 15) is 9.59 Å². The fourth-order valence-corrected chi connectivity index (χ4v) is 2.63. The molecular formula is C15H20N2O2. The molecule has 2 rings (SSSR count). The van der Waals surface area contributed by atoms with E-state index in [0.717, 1.165) is 18.4 Å². The fourth-order valence-electron chi connectivity index (χ4n) is 2.63. The van der Waals surface area contributed by atoms with Gasteiger partial charge in [0.1, 0.15) is 6.04 Å². The maximum atomic E-state index is 12.2. The highest BCUT2D eigenvalue weighted by atomic mass is 16.2. The number of nitrogens with one attached hydrogen (secondary N) is 1. The van der Waals surface area contributed by atoms with Gasteiger partial charge in [-0.1, -0.05) is 43.7 Å². The molecule has 1 heterocycles. The third kappa shape index (κ3) is 2.78. The van der Waals surface area contributed by atoms with E-state index in [2.05, 4.69) is 12.2 Å². The Morgan fingerprint density at radius 2 is 2.00 bits per heavy atom. The molecule has 4 heteroatoms. The average Bonchev–Trinajstić information content (AvgIpc) is 2.42. The van der Waals surface area contributed by atoms with Crippen LogP contribution in [0.4, 0.5) is 0 Å². The zero-order valence-electron chi connectivity index (χ0n) is 11.4. The highest BCUT2D eigenvalue weighted by molar-refractivity contribution is 5.95. The van der Waals surface area contributed by atoms with Gasteiger partial charge in [-0.3, -0.25) is 9.59 Å². The largest absolute Gasteiger partial charge is 0.345 e. The summed E-state index contributed by atoms with van der Waals surface area (Å²) in [6.07, 6.45) is 1.90. The van der Waals surface area contributed by atoms with Gasteiger partial charge >= 0.3 is 0 Å². The van der Waals surface area contributed by atoms with Gasteiger partial charge in [-0.05, 0) is 18.9 Å². The van der Waals surface area contributed by atoms with Crippen LogP contribution in [0.5, 0.6) is 0 Å². The second-order valence-electron chi connectivity index (χ2n) is 4.97. The van der Waals surface area contributed by atoms with Crippen LogP contribution in [0.25, 0.3) is 0 Å². The lowest BCUT2D eigenvalue weighted by Gasteiger charge is -2.39. The second kappa shape index (κ2) is 5.87. The number of carbonyl (C=O) groups is 2. The summed E-state index contributed by atoms with van der Waals surface area (Å²) >= 11 is 0. The van der Waals surface area contributed by atoms with E-state index in [1.807, 2.05) is 37.3 Å². The molecular weight excluding hydrogens is 240 g/mol. The standard InChI is InChI=1S/C15H20N2O2/c1-3-7-11(2)17-13(18)10-16-15(19)14(17)12-8-5-4-6-9-12/h4-6,8-9,11,14H,3,7,10H2,1-2H3,(H,16,19). The summed E-state index contributed by atoms with van der Waals surface area (Å²) in [4.78, 5) is 26.0. The first-order valence-corrected chi connectivity index (χ1v) is 6.79. The van der Waals surface area contributed by atoms with Crippen LogP contribution in [0.2, 0.25) is 0 Å². The van der Waals surface area contributed by atoms with Crippen LogP contribution in [0.1, 0.15) is 38.3 Å². The molecule has 1 fully saturated rings. The number of benzene rings is 1. The number of carbonyl (C=O) groups excluding carboxylic acids is 2. The molecule has 1 aromatic rings. The van der Waals surface area contributed by atoms with Crippen LogP contribution < -0.4 is 5.32 Å². The quantitative estimate of drug-likeness (QED) is 0.898. The lowest BCUT2D eigenvalue weighted by Crippen LogP contribution is -2.56. The Bertz CT molecular complexity index is 458. The predicted molar refractivity (Wildman–Crippen MR) is 73.4 cm³/mol. The van der Waals surface area contributed by atoms with Gasteiger partial charge < -0.3 is 10.2 Å². The minimum atomic E-state index is -0.496. The van der Waals surface area contributed by atoms with Gasteiger partial charge in [-0.2, -0.15) is 0 Å². The van der Waals surface area contributed by atoms with Crippen molar-refractivity contribution in [3.05, 3.63) is 35.9 Å². The molecule has 1 saturated heterocycles. The molecule has 1 aromatic carbocycles. The van der Waals surface area contributed by atoms with Crippen LogP contribution in [-0.2, 0) is 9.59 Å². The molecule has 0 aliphatic carbocycles. The first-order chi connectivity index (χ1) is 9.15. The molecule has 1 aliphatic rings. The highest BCUT2D eigenvalue weighted by Crippen LogP contribution is 2.27. The number of nitrogens with zero attached hydrogens (tertiary/aromatic N) is 1. The van der Waals surface area contributed by atoms with Gasteiger partial charge in [0.25, 0.3) is 0 Å². The fraction of sp³-hybridized carbons (Fsp3) is 0.467. The molecule has 1 aliphatic heterocycles. The summed E-state index contributed by atoms with van der Waals surface area (Å²) in [5, 5.41) is 2.68. The summed E-state index contributed by atoms with van der Waals surface area (Å²) in [7, 11) is 0. The molecule has 0 radical (unpaired) electrons. The van der Waals surface area contributed by atoms with E-state index >= 15 is 0 Å². The van der Waals surface area contributed by atoms with Crippen molar-refractivity contribution in [2.24, 2.45) is 0 Å². The van der Waals surface area contributed by atoms with Crippen molar-refractivity contribution in [1.82, 2.24) is 10.2 Å². The third-order valence-corrected chi connectivity index (χ3v) is 3.52. The molecule has 2 unspecified atom stereocenters. The van der Waals surface area contributed by atoms with Crippen LogP contribution in [0.3, 0.4) is 0 Å². The SMILES string of the molecule is CCCC(C)N1C(=O)CNC(=O)C1c1ccccc1. The number of piperazine rings is 1. The Morgan fingerprint density at radius 1 is 1.32 bits per heavy atom. The number of hydrogen-bond acceptors (Lipinski definition) is 2. The molecule has 2 amide bonds. The van der Waals surface area contributed by atoms with Crippen molar-refractivity contribution in [3.63, 3.8) is 0 Å². The summed E-state index contributed by atoms with van der Waals surface area (Å²) < 4.78 is 0. The van der Waals surface area contributed by atoms with Crippen molar-refractivity contribution >= 4 is 11.8 Å². The molecule has 19 heavy (non-hydrogen) atoms. The number of rotatable bonds is 4. The van der Waals surface area contributed by atoms with E-state index < -0.39 is 6.04 Å². The smallest absolute Gasteiger partial charge is 0.247 e. The van der Waals surface area contributed by atoms with E-state index in [4.69, 9.17) is 0 Å². The van der Waals surface area contributed by atoms with Crippen LogP contribution >= 0.6 is 0 Å². The van der Waals surface area contributed by atoms with Crippen molar-refractivity contribution in [3.8, 4) is 0 Å². The monoisotopic (exact) mass is 260 g/mol. The summed E-state index contributed by atoms with van der Waals surface area (Å²) in [6.45, 7) is 4.20. The van der Waals surface area contributed by atoms with E-state index in [1.165, 1.54) is 0 Å². The molecule has 4 nitrogen and oxygen atoms in total. The van der Waals surface area contributed by atoms with Crippen molar-refractivity contribution < 1.29 is 9.59 Å². The lowest BCUT2D eigenvalue weighted by molar-refractivity contribution is -0.148. The van der Waals surface area contributed by atoms with Crippen molar-refractivity contribution in [2.45, 2.75) is 38.8 Å². The van der Waals surface area contributed by atoms with Gasteiger partial charge in [0.15, 0.2) is 0 Å². The predicted octanol–water partition coefficient (Wildman–Crippen LogP) is 1.87. The molecule has 102 valence electrons. The summed E-state index contributed by atoms with van der Waals surface area (Å²) in [5.41, 5.74) is 0.871. The zero-order valence-corrected chi connectivity index (χ0v) is 11.4. The number of hydrogen-bond donors (Lipinski definition) is 1. The second-order valence-corrected chi connectivity index (χ2v) is 4.97. The minimum absolute atomic E-state index is 0.00518. The third-order valence-electron chi connectivity index (χ3n) is 3.52. The maximum absolute atomic E-state index is 12.2. The first kappa shape index (κ1) is 13.6. The average molecular weight is 260 g/mol. The van der Waals surface area contributed by atoms with Crippen molar-refractivity contribution in [2.75, 3.05) is 6.54 Å².